The molecule has 2 heterocycles. The van der Waals surface area contributed by atoms with Crippen LogP contribution in [0.1, 0.15) is 13.8 Å². The van der Waals surface area contributed by atoms with Gasteiger partial charge < -0.3 is 15.0 Å². The third-order valence-corrected chi connectivity index (χ3v) is 3.76. The molecule has 0 aliphatic carbocycles. The minimum Gasteiger partial charge on any atom is -0.480 e. The predicted octanol–water partition coefficient (Wildman–Crippen LogP) is -0.740. The van der Waals surface area contributed by atoms with E-state index in [4.69, 9.17) is 0 Å². The maximum atomic E-state index is 12.1. The van der Waals surface area contributed by atoms with Crippen LogP contribution in [0.2, 0.25) is 0 Å². The summed E-state index contributed by atoms with van der Waals surface area (Å²) < 4.78 is 2.20. The summed E-state index contributed by atoms with van der Waals surface area (Å²) in [5, 5.41) is 9.24. The van der Waals surface area contributed by atoms with Gasteiger partial charge in [0.25, 0.3) is 5.56 Å². The summed E-state index contributed by atoms with van der Waals surface area (Å²) in [6.45, 7) is 3.03. The molecule has 0 aliphatic heterocycles. The molecule has 0 atom stereocenters. The molecule has 0 amide bonds. The number of carbonyl (C=O) groups is 1. The van der Waals surface area contributed by atoms with E-state index in [1.807, 2.05) is 0 Å². The molecular weight excluding hydrogens is 278 g/mol. The van der Waals surface area contributed by atoms with Crippen LogP contribution in [-0.2, 0) is 18.9 Å². The van der Waals surface area contributed by atoms with Crippen LogP contribution in [0.5, 0.6) is 0 Å². The number of imidazole rings is 1. The van der Waals surface area contributed by atoms with Crippen molar-refractivity contribution in [1.29, 1.82) is 0 Å². The summed E-state index contributed by atoms with van der Waals surface area (Å²) in [4.78, 5) is 43.6. The molecular formula is C12H17N5O4. The Hall–Kier alpha value is -2.58. The fraction of sp³-hybridized carbons (Fsp3) is 0.500. The van der Waals surface area contributed by atoms with Gasteiger partial charge in [-0.1, -0.05) is 0 Å². The van der Waals surface area contributed by atoms with Gasteiger partial charge >= 0.3 is 11.7 Å². The van der Waals surface area contributed by atoms with Crippen LogP contribution >= 0.6 is 0 Å². The Labute approximate surface area is 119 Å². The van der Waals surface area contributed by atoms with Gasteiger partial charge in [-0.05, 0) is 13.8 Å². The number of aromatic amines is 1. The standard InChI is InChI=1S/C12H17N5O4/c1-12(2,9(19)20)17(5)10-13-6-7(14-10)15(3)11(21)16(4)8(6)18/h1-5H3,(H,13,14)(H,19,20). The molecule has 0 aromatic carbocycles. The number of nitrogens with zero attached hydrogens (tertiary/aromatic N) is 4. The first-order valence-electron chi connectivity index (χ1n) is 6.22. The van der Waals surface area contributed by atoms with E-state index >= 15 is 0 Å². The van der Waals surface area contributed by atoms with Crippen molar-refractivity contribution in [2.24, 2.45) is 14.1 Å². The number of likely N-dealkylation sites (N-methyl/N-ethyl adjacent to an activating group) is 1. The highest BCUT2D eigenvalue weighted by Gasteiger charge is 2.34. The van der Waals surface area contributed by atoms with Crippen LogP contribution in [0.4, 0.5) is 5.95 Å². The number of aryl methyl sites for hydroxylation is 1. The number of carboxylic acids is 1. The second kappa shape index (κ2) is 4.47. The molecule has 0 saturated carbocycles. The Bertz CT molecular complexity index is 842. The zero-order valence-corrected chi connectivity index (χ0v) is 12.5. The summed E-state index contributed by atoms with van der Waals surface area (Å²) >= 11 is 0. The van der Waals surface area contributed by atoms with Crippen LogP contribution in [0.3, 0.4) is 0 Å². The average molecular weight is 295 g/mol. The predicted molar refractivity (Wildman–Crippen MR) is 76.7 cm³/mol. The Morgan fingerprint density at radius 3 is 2.38 bits per heavy atom. The summed E-state index contributed by atoms with van der Waals surface area (Å²) in [5.41, 5.74) is -1.88. The minimum atomic E-state index is -1.22. The van der Waals surface area contributed by atoms with Crippen molar-refractivity contribution in [3.05, 3.63) is 20.8 Å². The third kappa shape index (κ3) is 2.01. The van der Waals surface area contributed by atoms with Crippen molar-refractivity contribution in [2.75, 3.05) is 11.9 Å². The third-order valence-electron chi connectivity index (χ3n) is 3.76. The monoisotopic (exact) mass is 295 g/mol. The molecule has 9 heteroatoms. The Balaban J connectivity index is 2.73. The summed E-state index contributed by atoms with van der Waals surface area (Å²) in [6.07, 6.45) is 0. The fourth-order valence-electron chi connectivity index (χ4n) is 1.88. The van der Waals surface area contributed by atoms with Crippen molar-refractivity contribution < 1.29 is 9.90 Å². The lowest BCUT2D eigenvalue weighted by molar-refractivity contribution is -0.142. The number of rotatable bonds is 3. The molecule has 0 unspecified atom stereocenters. The molecule has 0 radical (unpaired) electrons. The second-order valence-corrected chi connectivity index (χ2v) is 5.39. The van der Waals surface area contributed by atoms with Crippen molar-refractivity contribution in [1.82, 2.24) is 19.1 Å². The Morgan fingerprint density at radius 2 is 1.86 bits per heavy atom. The zero-order chi connectivity index (χ0) is 16.1. The van der Waals surface area contributed by atoms with Crippen molar-refractivity contribution in [3.8, 4) is 0 Å². The van der Waals surface area contributed by atoms with Crippen LogP contribution in [0, 0.1) is 0 Å². The van der Waals surface area contributed by atoms with Crippen molar-refractivity contribution in [3.63, 3.8) is 0 Å². The Morgan fingerprint density at radius 1 is 1.29 bits per heavy atom. The van der Waals surface area contributed by atoms with Gasteiger partial charge in [0.2, 0.25) is 5.95 Å². The molecule has 9 nitrogen and oxygen atoms in total. The smallest absolute Gasteiger partial charge is 0.332 e. The van der Waals surface area contributed by atoms with Gasteiger partial charge in [0, 0.05) is 21.1 Å². The SMILES string of the molecule is CN(c1nc2c([nH]1)c(=O)n(C)c(=O)n2C)C(C)(C)C(=O)O. The molecule has 0 fully saturated rings. The molecule has 21 heavy (non-hydrogen) atoms. The average Bonchev–Trinajstić information content (AvgIpc) is 2.86. The van der Waals surface area contributed by atoms with Gasteiger partial charge in [0.15, 0.2) is 11.2 Å². The Kier molecular flexibility index (Phi) is 3.15. The quantitative estimate of drug-likeness (QED) is 0.771. The zero-order valence-electron chi connectivity index (χ0n) is 12.5. The molecule has 0 aliphatic rings. The van der Waals surface area contributed by atoms with Gasteiger partial charge in [-0.2, -0.15) is 4.98 Å². The van der Waals surface area contributed by atoms with Crippen LogP contribution < -0.4 is 16.1 Å². The highest BCUT2D eigenvalue weighted by molar-refractivity contribution is 5.82. The lowest BCUT2D eigenvalue weighted by atomic mass is 10.1. The number of aliphatic carboxylic acids is 1. The van der Waals surface area contributed by atoms with Crippen molar-refractivity contribution >= 4 is 23.1 Å². The van der Waals surface area contributed by atoms with Gasteiger partial charge in [-0.3, -0.25) is 13.9 Å². The van der Waals surface area contributed by atoms with E-state index in [9.17, 15) is 19.5 Å². The normalized spacial score (nSPS) is 11.9. The van der Waals surface area contributed by atoms with E-state index in [-0.39, 0.29) is 17.1 Å². The van der Waals surface area contributed by atoms with Crippen molar-refractivity contribution in [2.45, 2.75) is 19.4 Å². The molecule has 0 spiro atoms. The number of nitrogens with one attached hydrogen (secondary N) is 1. The summed E-state index contributed by atoms with van der Waals surface area (Å²) in [5.74, 6) is -0.831. The number of hydrogen-bond acceptors (Lipinski definition) is 5. The van der Waals surface area contributed by atoms with E-state index in [0.29, 0.717) is 0 Å². The van der Waals surface area contributed by atoms with E-state index in [0.717, 1.165) is 4.57 Å². The number of fused-ring (bicyclic) bond motifs is 1. The van der Waals surface area contributed by atoms with Gasteiger partial charge in [0.05, 0.1) is 0 Å². The molecule has 114 valence electrons. The topological polar surface area (TPSA) is 113 Å². The fourth-order valence-corrected chi connectivity index (χ4v) is 1.88. The molecule has 2 rings (SSSR count). The summed E-state index contributed by atoms with van der Waals surface area (Å²) in [6, 6.07) is 0. The number of H-pyrrole nitrogens is 1. The number of carboxylic acid groups (broad SMARTS) is 1. The summed E-state index contributed by atoms with van der Waals surface area (Å²) in [7, 11) is 4.42. The highest BCUT2D eigenvalue weighted by Crippen LogP contribution is 2.21. The first-order valence-corrected chi connectivity index (χ1v) is 6.22. The minimum absolute atomic E-state index is 0.155. The number of hydrogen-bond donors (Lipinski definition) is 2. The highest BCUT2D eigenvalue weighted by atomic mass is 16.4. The first-order chi connectivity index (χ1) is 9.59. The molecule has 2 N–H and O–H groups in total. The first kappa shape index (κ1) is 14.8. The second-order valence-electron chi connectivity index (χ2n) is 5.39. The molecule has 0 saturated heterocycles. The van der Waals surface area contributed by atoms with E-state index in [1.54, 1.807) is 7.05 Å². The lowest BCUT2D eigenvalue weighted by Crippen LogP contribution is -2.48. The maximum Gasteiger partial charge on any atom is 0.332 e. The van der Waals surface area contributed by atoms with E-state index in [2.05, 4.69) is 9.97 Å². The number of anilines is 1. The van der Waals surface area contributed by atoms with Crippen LogP contribution in [0.25, 0.3) is 11.2 Å². The van der Waals surface area contributed by atoms with Gasteiger partial charge in [-0.25, -0.2) is 9.59 Å². The van der Waals surface area contributed by atoms with E-state index in [1.165, 1.54) is 37.4 Å². The lowest BCUT2D eigenvalue weighted by Gasteiger charge is -2.30. The van der Waals surface area contributed by atoms with Gasteiger partial charge in [0.1, 0.15) is 5.54 Å². The molecule has 2 aromatic rings. The van der Waals surface area contributed by atoms with E-state index < -0.39 is 22.8 Å². The van der Waals surface area contributed by atoms with Gasteiger partial charge in [-0.15, -0.1) is 0 Å². The number of aromatic nitrogens is 4. The van der Waals surface area contributed by atoms with Crippen LogP contribution in [0.15, 0.2) is 9.59 Å². The maximum absolute atomic E-state index is 12.1. The largest absolute Gasteiger partial charge is 0.480 e. The van der Waals surface area contributed by atoms with Crippen LogP contribution in [-0.4, -0.2) is 42.8 Å². The molecule has 0 bridgehead atoms. The molecule has 2 aromatic heterocycles.